The molecule has 1 amide bonds. The van der Waals surface area contributed by atoms with Gasteiger partial charge in [0.25, 0.3) is 0 Å². The van der Waals surface area contributed by atoms with Gasteiger partial charge in [0.2, 0.25) is 5.91 Å². The van der Waals surface area contributed by atoms with Crippen LogP contribution in [0.4, 0.5) is 11.4 Å². The van der Waals surface area contributed by atoms with Gasteiger partial charge in [-0.25, -0.2) is 0 Å². The van der Waals surface area contributed by atoms with Crippen LogP contribution in [0.2, 0.25) is 0 Å². The van der Waals surface area contributed by atoms with Gasteiger partial charge in [0, 0.05) is 73.1 Å². The fourth-order valence-corrected chi connectivity index (χ4v) is 3.04. The smallest absolute Gasteiger partial charge is 0.222 e. The monoisotopic (exact) mass is 591 g/mol. The Morgan fingerprint density at radius 3 is 2.38 bits per heavy atom. The first-order valence-corrected chi connectivity index (χ1v) is 7.74. The minimum absolute atomic E-state index is 0. The maximum Gasteiger partial charge on any atom is 0.222 e. The van der Waals surface area contributed by atoms with Crippen LogP contribution in [0, 0.1) is 13.5 Å². The van der Waals surface area contributed by atoms with Crippen LogP contribution < -0.4 is 10.6 Å². The molecule has 2 aromatic carbocycles. The van der Waals surface area contributed by atoms with Crippen molar-refractivity contribution in [3.05, 3.63) is 43.3 Å². The number of fused-ring (bicyclic) bond motifs is 3. The Labute approximate surface area is 189 Å². The Balaban J connectivity index is 0. The third kappa shape index (κ3) is 4.82. The maximum atomic E-state index is 11.7. The molecule has 1 aliphatic rings. The SMILES string of the molecule is CC.CC(=O)N1CC(CCl)c2c1[c-]c(N)c1ccccc21.[CH3-].[W].[Y]. The van der Waals surface area contributed by atoms with E-state index in [0.717, 1.165) is 22.0 Å². The van der Waals surface area contributed by atoms with Crippen molar-refractivity contribution >= 4 is 39.7 Å². The molecule has 3 rings (SSSR count). The number of carbonyl (C=O) groups excluding carboxylic acids is 1. The number of anilines is 2. The van der Waals surface area contributed by atoms with Gasteiger partial charge in [-0.3, -0.25) is 4.79 Å². The summed E-state index contributed by atoms with van der Waals surface area (Å²) in [4.78, 5) is 13.5. The number of hydrogen-bond acceptors (Lipinski definition) is 2. The normalized spacial score (nSPS) is 14.3. The van der Waals surface area contributed by atoms with Crippen LogP contribution in [-0.2, 0) is 58.6 Å². The van der Waals surface area contributed by atoms with Crippen LogP contribution in [0.15, 0.2) is 24.3 Å². The van der Waals surface area contributed by atoms with E-state index in [1.54, 1.807) is 11.8 Å². The number of rotatable bonds is 1. The predicted molar refractivity (Wildman–Crippen MR) is 96.4 cm³/mol. The molecular formula is C18H23ClN2OWY-2. The van der Waals surface area contributed by atoms with E-state index >= 15 is 0 Å². The summed E-state index contributed by atoms with van der Waals surface area (Å²) in [5, 5.41) is 2.05. The third-order valence-electron chi connectivity index (χ3n) is 3.66. The first-order chi connectivity index (χ1) is 10.1. The molecule has 2 N–H and O–H groups in total. The molecule has 1 atom stereocenters. The molecule has 0 aliphatic carbocycles. The van der Waals surface area contributed by atoms with Crippen molar-refractivity contribution in [2.75, 3.05) is 23.1 Å². The van der Waals surface area contributed by atoms with E-state index in [1.165, 1.54) is 0 Å². The minimum atomic E-state index is -0.000187. The van der Waals surface area contributed by atoms with Gasteiger partial charge >= 0.3 is 0 Å². The molecule has 0 bridgehead atoms. The first-order valence-electron chi connectivity index (χ1n) is 7.21. The molecule has 0 aromatic heterocycles. The summed E-state index contributed by atoms with van der Waals surface area (Å²) in [6.45, 7) is 6.16. The fraction of sp³-hybridized carbons (Fsp3) is 0.333. The zero-order valence-corrected chi connectivity index (χ0v) is 21.1. The number of nitrogen functional groups attached to an aromatic ring is 1. The number of carbonyl (C=O) groups is 1. The summed E-state index contributed by atoms with van der Waals surface area (Å²) in [5.41, 5.74) is 8.51. The Morgan fingerprint density at radius 2 is 1.88 bits per heavy atom. The second-order valence-electron chi connectivity index (χ2n) is 4.83. The zero-order valence-electron chi connectivity index (χ0n) is 14.6. The van der Waals surface area contributed by atoms with Crippen molar-refractivity contribution in [2.24, 2.45) is 0 Å². The molecule has 0 spiro atoms. The number of nitrogens with two attached hydrogens (primary N) is 1. The van der Waals surface area contributed by atoms with Crippen molar-refractivity contribution in [1.29, 1.82) is 0 Å². The molecular weight excluding hydrogens is 568 g/mol. The standard InChI is InChI=1S/C15H14ClN2O.C2H6.CH3.W.Y/c1-9(19)18-8-10(7-16)15-12-5-3-2-4-11(12)13(17)6-14(15)18;1-2;;;/h2-5,10H,7-8,17H2,1H3;1-2H3;1H3;;/q-1;;-1;;. The van der Waals surface area contributed by atoms with Gasteiger partial charge in [-0.2, -0.15) is 0 Å². The van der Waals surface area contributed by atoms with Crippen LogP contribution in [0.25, 0.3) is 10.8 Å². The van der Waals surface area contributed by atoms with Crippen molar-refractivity contribution in [3.63, 3.8) is 0 Å². The first kappa shape index (κ1) is 26.3. The van der Waals surface area contributed by atoms with Crippen molar-refractivity contribution in [1.82, 2.24) is 0 Å². The zero-order chi connectivity index (χ0) is 15.6. The average Bonchev–Trinajstić information content (AvgIpc) is 2.88. The van der Waals surface area contributed by atoms with Crippen molar-refractivity contribution in [2.45, 2.75) is 26.7 Å². The van der Waals surface area contributed by atoms with E-state index in [2.05, 4.69) is 6.07 Å². The predicted octanol–water partition coefficient (Wildman–Crippen LogP) is 4.38. The van der Waals surface area contributed by atoms with E-state index in [9.17, 15) is 4.79 Å². The topological polar surface area (TPSA) is 46.3 Å². The number of nitrogens with zero attached hydrogens (tertiary/aromatic N) is 1. The Kier molecular flexibility index (Phi) is 12.7. The van der Waals surface area contributed by atoms with Crippen LogP contribution >= 0.6 is 11.6 Å². The summed E-state index contributed by atoms with van der Waals surface area (Å²) in [7, 11) is 0. The van der Waals surface area contributed by atoms with E-state index in [1.807, 2.05) is 38.1 Å². The Morgan fingerprint density at radius 1 is 1.33 bits per heavy atom. The van der Waals surface area contributed by atoms with Crippen molar-refractivity contribution in [3.8, 4) is 0 Å². The summed E-state index contributed by atoms with van der Waals surface area (Å²) in [5.74, 6) is 0.626. The molecule has 6 heteroatoms. The molecule has 1 radical (unpaired) electrons. The van der Waals surface area contributed by atoms with Crippen LogP contribution in [0.5, 0.6) is 0 Å². The van der Waals surface area contributed by atoms with E-state index in [4.69, 9.17) is 17.3 Å². The number of alkyl halides is 1. The van der Waals surface area contributed by atoms with Gasteiger partial charge in [0.05, 0.1) is 0 Å². The summed E-state index contributed by atoms with van der Waals surface area (Å²) in [6.07, 6.45) is 0. The van der Waals surface area contributed by atoms with Gasteiger partial charge in [0.15, 0.2) is 0 Å². The summed E-state index contributed by atoms with van der Waals surface area (Å²) in [6, 6.07) is 11.1. The molecule has 129 valence electrons. The number of halogens is 1. The number of hydrogen-bond donors (Lipinski definition) is 1. The quantitative estimate of drug-likeness (QED) is 0.304. The van der Waals surface area contributed by atoms with Gasteiger partial charge < -0.3 is 18.1 Å². The largest absolute Gasteiger partial charge is 0.419 e. The fourth-order valence-electron chi connectivity index (χ4n) is 2.78. The molecule has 0 saturated carbocycles. The summed E-state index contributed by atoms with van der Waals surface area (Å²) < 4.78 is 0. The molecule has 1 heterocycles. The van der Waals surface area contributed by atoms with Gasteiger partial charge in [0.1, 0.15) is 0 Å². The molecule has 2 aromatic rings. The Hall–Kier alpha value is 0.0522. The number of benzene rings is 2. The second kappa shape index (κ2) is 11.6. The molecule has 1 unspecified atom stereocenters. The second-order valence-corrected chi connectivity index (χ2v) is 5.14. The van der Waals surface area contributed by atoms with E-state index in [-0.39, 0.29) is 73.0 Å². The number of amides is 1. The average molecular weight is 592 g/mol. The molecule has 1 aliphatic heterocycles. The van der Waals surface area contributed by atoms with Gasteiger partial charge in [-0.05, 0) is 5.92 Å². The summed E-state index contributed by atoms with van der Waals surface area (Å²) >= 11 is 6.06. The van der Waals surface area contributed by atoms with Crippen molar-refractivity contribution < 1.29 is 58.6 Å². The van der Waals surface area contributed by atoms with Gasteiger partial charge in [-0.1, -0.05) is 43.4 Å². The third-order valence-corrected chi connectivity index (χ3v) is 4.04. The molecule has 3 nitrogen and oxygen atoms in total. The molecule has 0 fully saturated rings. The van der Waals surface area contributed by atoms with E-state index in [0.29, 0.717) is 18.1 Å². The maximum absolute atomic E-state index is 11.7. The van der Waals surface area contributed by atoms with Gasteiger partial charge in [-0.15, -0.1) is 40.1 Å². The Bertz CT molecular complexity index is 681. The van der Waals surface area contributed by atoms with Crippen LogP contribution in [-0.4, -0.2) is 18.3 Å². The van der Waals surface area contributed by atoms with Crippen LogP contribution in [0.1, 0.15) is 32.3 Å². The van der Waals surface area contributed by atoms with E-state index < -0.39 is 0 Å². The molecule has 24 heavy (non-hydrogen) atoms. The van der Waals surface area contributed by atoms with Crippen LogP contribution in [0.3, 0.4) is 0 Å². The minimum Gasteiger partial charge on any atom is -0.419 e. The molecule has 0 saturated heterocycles.